The quantitative estimate of drug-likeness (QED) is 0.798. The number of pyridine rings is 1. The Balaban J connectivity index is 1.75. The molecule has 3 aromatic rings. The van der Waals surface area contributed by atoms with Gasteiger partial charge in [0.05, 0.1) is 5.56 Å². The first-order valence-electron chi connectivity index (χ1n) is 6.42. The zero-order valence-corrected chi connectivity index (χ0v) is 11.1. The van der Waals surface area contributed by atoms with E-state index in [9.17, 15) is 4.79 Å². The highest BCUT2D eigenvalue weighted by molar-refractivity contribution is 6.03. The molecule has 5 heteroatoms. The third kappa shape index (κ3) is 3.09. The van der Waals surface area contributed by atoms with E-state index in [4.69, 9.17) is 0 Å². The first-order chi connectivity index (χ1) is 10.3. The van der Waals surface area contributed by atoms with E-state index in [-0.39, 0.29) is 11.9 Å². The van der Waals surface area contributed by atoms with Gasteiger partial charge >= 0.3 is 0 Å². The highest BCUT2D eigenvalue weighted by atomic mass is 16.1. The van der Waals surface area contributed by atoms with Crippen LogP contribution in [0.5, 0.6) is 0 Å². The standard InChI is InChI=1S/C16H12N4O/c21-15(13-7-4-8-17-9-13)20-16-18-10-14(11-19-16)12-5-2-1-3-6-12/h1-11H,(H,18,19,20,21). The zero-order valence-electron chi connectivity index (χ0n) is 11.1. The molecule has 1 aromatic carbocycles. The molecule has 2 heterocycles. The molecule has 2 aromatic heterocycles. The van der Waals surface area contributed by atoms with E-state index in [2.05, 4.69) is 20.3 Å². The van der Waals surface area contributed by atoms with Gasteiger partial charge in [-0.1, -0.05) is 30.3 Å². The summed E-state index contributed by atoms with van der Waals surface area (Å²) in [6, 6.07) is 13.2. The van der Waals surface area contributed by atoms with Gasteiger partial charge in [-0.15, -0.1) is 0 Å². The van der Waals surface area contributed by atoms with Crippen molar-refractivity contribution in [3.8, 4) is 11.1 Å². The Kier molecular flexibility index (Phi) is 3.64. The van der Waals surface area contributed by atoms with Crippen molar-refractivity contribution in [3.05, 3.63) is 72.8 Å². The Labute approximate surface area is 121 Å². The molecule has 0 unspecified atom stereocenters. The largest absolute Gasteiger partial charge is 0.290 e. The monoisotopic (exact) mass is 276 g/mol. The molecule has 0 atom stereocenters. The van der Waals surface area contributed by atoms with E-state index in [1.165, 1.54) is 6.20 Å². The molecule has 0 aliphatic heterocycles. The number of benzene rings is 1. The summed E-state index contributed by atoms with van der Waals surface area (Å²) in [5.41, 5.74) is 2.39. The van der Waals surface area contributed by atoms with Gasteiger partial charge in [0.15, 0.2) is 0 Å². The lowest BCUT2D eigenvalue weighted by Gasteiger charge is -2.04. The Morgan fingerprint density at radius 1 is 0.857 bits per heavy atom. The number of rotatable bonds is 3. The van der Waals surface area contributed by atoms with Crippen LogP contribution in [0.4, 0.5) is 5.95 Å². The molecule has 3 rings (SSSR count). The lowest BCUT2D eigenvalue weighted by atomic mass is 10.1. The second-order valence-corrected chi connectivity index (χ2v) is 4.36. The zero-order chi connectivity index (χ0) is 14.5. The van der Waals surface area contributed by atoms with E-state index in [1.54, 1.807) is 30.7 Å². The summed E-state index contributed by atoms with van der Waals surface area (Å²) in [7, 11) is 0. The summed E-state index contributed by atoms with van der Waals surface area (Å²) >= 11 is 0. The van der Waals surface area contributed by atoms with Gasteiger partial charge in [-0.05, 0) is 17.7 Å². The second kappa shape index (κ2) is 5.92. The lowest BCUT2D eigenvalue weighted by Crippen LogP contribution is -2.14. The van der Waals surface area contributed by atoms with Crippen molar-refractivity contribution in [2.24, 2.45) is 0 Å². The minimum atomic E-state index is -0.282. The molecule has 0 aliphatic rings. The highest BCUT2D eigenvalue weighted by Gasteiger charge is 2.07. The average molecular weight is 276 g/mol. The number of carbonyl (C=O) groups excluding carboxylic acids is 1. The molecule has 0 fully saturated rings. The Morgan fingerprint density at radius 2 is 1.62 bits per heavy atom. The summed E-state index contributed by atoms with van der Waals surface area (Å²) in [6.45, 7) is 0. The van der Waals surface area contributed by atoms with Crippen molar-refractivity contribution >= 4 is 11.9 Å². The molecule has 1 amide bonds. The molecular formula is C16H12N4O. The minimum absolute atomic E-state index is 0.267. The van der Waals surface area contributed by atoms with Gasteiger partial charge in [0.25, 0.3) is 5.91 Å². The van der Waals surface area contributed by atoms with Gasteiger partial charge in [0, 0.05) is 30.4 Å². The molecule has 5 nitrogen and oxygen atoms in total. The molecule has 0 aliphatic carbocycles. The van der Waals surface area contributed by atoms with Crippen LogP contribution in [0.3, 0.4) is 0 Å². The van der Waals surface area contributed by atoms with Crippen LogP contribution in [0.1, 0.15) is 10.4 Å². The van der Waals surface area contributed by atoms with Crippen LogP contribution in [-0.4, -0.2) is 20.9 Å². The number of anilines is 1. The first-order valence-corrected chi connectivity index (χ1v) is 6.42. The van der Waals surface area contributed by atoms with Crippen LogP contribution in [0.15, 0.2) is 67.3 Å². The summed E-state index contributed by atoms with van der Waals surface area (Å²) in [5.74, 6) is -0.0147. The van der Waals surface area contributed by atoms with Crippen LogP contribution in [0.2, 0.25) is 0 Å². The smallest absolute Gasteiger partial charge is 0.259 e. The molecule has 21 heavy (non-hydrogen) atoms. The molecule has 102 valence electrons. The predicted molar refractivity (Wildman–Crippen MR) is 79.7 cm³/mol. The van der Waals surface area contributed by atoms with Gasteiger partial charge in [-0.3, -0.25) is 15.1 Å². The van der Waals surface area contributed by atoms with Gasteiger partial charge in [-0.25, -0.2) is 9.97 Å². The van der Waals surface area contributed by atoms with E-state index < -0.39 is 0 Å². The lowest BCUT2D eigenvalue weighted by molar-refractivity contribution is 0.102. The molecule has 0 bridgehead atoms. The topological polar surface area (TPSA) is 67.8 Å². The summed E-state index contributed by atoms with van der Waals surface area (Å²) in [4.78, 5) is 24.2. The molecule has 0 saturated heterocycles. The van der Waals surface area contributed by atoms with Gasteiger partial charge < -0.3 is 0 Å². The maximum Gasteiger partial charge on any atom is 0.259 e. The average Bonchev–Trinajstić information content (AvgIpc) is 2.57. The third-order valence-corrected chi connectivity index (χ3v) is 2.91. The number of carbonyl (C=O) groups is 1. The first kappa shape index (κ1) is 12.9. The van der Waals surface area contributed by atoms with E-state index in [0.29, 0.717) is 5.56 Å². The van der Waals surface area contributed by atoms with Crippen LogP contribution < -0.4 is 5.32 Å². The second-order valence-electron chi connectivity index (χ2n) is 4.36. The van der Waals surface area contributed by atoms with Crippen molar-refractivity contribution < 1.29 is 4.79 Å². The molecule has 1 N–H and O–H groups in total. The number of nitrogens with zero attached hydrogens (tertiary/aromatic N) is 3. The fourth-order valence-corrected chi connectivity index (χ4v) is 1.84. The van der Waals surface area contributed by atoms with E-state index >= 15 is 0 Å². The van der Waals surface area contributed by atoms with Crippen LogP contribution in [-0.2, 0) is 0 Å². The van der Waals surface area contributed by atoms with Crippen molar-refractivity contribution in [1.29, 1.82) is 0 Å². The van der Waals surface area contributed by atoms with E-state index in [0.717, 1.165) is 11.1 Å². The van der Waals surface area contributed by atoms with Gasteiger partial charge in [0.2, 0.25) is 5.95 Å². The maximum atomic E-state index is 11.9. The molecular weight excluding hydrogens is 264 g/mol. The van der Waals surface area contributed by atoms with Crippen molar-refractivity contribution in [3.63, 3.8) is 0 Å². The van der Waals surface area contributed by atoms with Crippen LogP contribution >= 0.6 is 0 Å². The van der Waals surface area contributed by atoms with Crippen LogP contribution in [0, 0.1) is 0 Å². The minimum Gasteiger partial charge on any atom is -0.290 e. The predicted octanol–water partition coefficient (Wildman–Crippen LogP) is 2.79. The summed E-state index contributed by atoms with van der Waals surface area (Å²) in [6.07, 6.45) is 6.47. The Hall–Kier alpha value is -3.08. The highest BCUT2D eigenvalue weighted by Crippen LogP contribution is 2.17. The Morgan fingerprint density at radius 3 is 2.29 bits per heavy atom. The van der Waals surface area contributed by atoms with E-state index in [1.807, 2.05) is 30.3 Å². The Bertz CT molecular complexity index is 727. The summed E-state index contributed by atoms with van der Waals surface area (Å²) < 4.78 is 0. The maximum absolute atomic E-state index is 11.9. The molecule has 0 spiro atoms. The van der Waals surface area contributed by atoms with Gasteiger partial charge in [-0.2, -0.15) is 0 Å². The number of amides is 1. The molecule has 0 saturated carbocycles. The van der Waals surface area contributed by atoms with Crippen LogP contribution in [0.25, 0.3) is 11.1 Å². The summed E-state index contributed by atoms with van der Waals surface area (Å²) in [5, 5.41) is 2.64. The fraction of sp³-hybridized carbons (Fsp3) is 0. The number of aromatic nitrogens is 3. The van der Waals surface area contributed by atoms with Crippen molar-refractivity contribution in [2.75, 3.05) is 5.32 Å². The third-order valence-electron chi connectivity index (χ3n) is 2.91. The van der Waals surface area contributed by atoms with Gasteiger partial charge in [0.1, 0.15) is 0 Å². The van der Waals surface area contributed by atoms with Crippen molar-refractivity contribution in [1.82, 2.24) is 15.0 Å². The number of nitrogens with one attached hydrogen (secondary N) is 1. The number of hydrogen-bond donors (Lipinski definition) is 1. The fourth-order valence-electron chi connectivity index (χ4n) is 1.84. The SMILES string of the molecule is O=C(Nc1ncc(-c2ccccc2)cn1)c1cccnc1. The molecule has 0 radical (unpaired) electrons. The van der Waals surface area contributed by atoms with Crippen molar-refractivity contribution in [2.45, 2.75) is 0 Å². The number of hydrogen-bond acceptors (Lipinski definition) is 4. The normalized spacial score (nSPS) is 10.1.